The third-order valence-electron chi connectivity index (χ3n) is 2.96. The number of hydrogen-bond donors (Lipinski definition) is 2. The second kappa shape index (κ2) is 8.31. The maximum atomic E-state index is 9.82. The highest BCUT2D eigenvalue weighted by atomic mass is 16.5. The molecule has 0 saturated heterocycles. The van der Waals surface area contributed by atoms with Crippen LogP contribution in [0.15, 0.2) is 24.3 Å². The van der Waals surface area contributed by atoms with Gasteiger partial charge in [-0.05, 0) is 25.3 Å². The number of aliphatic hydroxyl groups is 1. The molecule has 1 aromatic rings. The summed E-state index contributed by atoms with van der Waals surface area (Å²) >= 11 is 0. The minimum Gasteiger partial charge on any atom is -0.389 e. The van der Waals surface area contributed by atoms with Crippen molar-refractivity contribution in [2.75, 3.05) is 19.8 Å². The molecule has 0 spiro atoms. The van der Waals surface area contributed by atoms with E-state index in [-0.39, 0.29) is 6.04 Å². The Labute approximate surface area is 117 Å². The number of aryl methyl sites for hydroxylation is 1. The van der Waals surface area contributed by atoms with Crippen LogP contribution in [0.5, 0.6) is 0 Å². The van der Waals surface area contributed by atoms with E-state index in [9.17, 15) is 5.11 Å². The Kier molecular flexibility index (Phi) is 7.06. The SMILES string of the molecule is Cc1cccc([C@H](C)NCC(O)COCC(C)C)c1. The zero-order valence-electron chi connectivity index (χ0n) is 12.5. The summed E-state index contributed by atoms with van der Waals surface area (Å²) in [5, 5.41) is 13.2. The zero-order valence-corrected chi connectivity index (χ0v) is 12.5. The fraction of sp³-hybridized carbons (Fsp3) is 0.625. The first-order valence-corrected chi connectivity index (χ1v) is 7.04. The first-order chi connectivity index (χ1) is 8.99. The lowest BCUT2D eigenvalue weighted by molar-refractivity contribution is 0.0252. The highest BCUT2D eigenvalue weighted by Crippen LogP contribution is 2.13. The highest BCUT2D eigenvalue weighted by Gasteiger charge is 2.09. The van der Waals surface area contributed by atoms with Crippen molar-refractivity contribution in [3.05, 3.63) is 35.4 Å². The molecule has 0 bridgehead atoms. The molecule has 0 aliphatic rings. The van der Waals surface area contributed by atoms with Gasteiger partial charge in [-0.2, -0.15) is 0 Å². The van der Waals surface area contributed by atoms with Crippen molar-refractivity contribution in [1.29, 1.82) is 0 Å². The van der Waals surface area contributed by atoms with Crippen LogP contribution in [0.25, 0.3) is 0 Å². The molecule has 0 heterocycles. The average Bonchev–Trinajstić information content (AvgIpc) is 2.35. The normalized spacial score (nSPS) is 14.6. The maximum Gasteiger partial charge on any atom is 0.0897 e. The lowest BCUT2D eigenvalue weighted by atomic mass is 10.1. The topological polar surface area (TPSA) is 41.5 Å². The lowest BCUT2D eigenvalue weighted by Gasteiger charge is -2.18. The monoisotopic (exact) mass is 265 g/mol. The molecule has 2 atom stereocenters. The summed E-state index contributed by atoms with van der Waals surface area (Å²) in [7, 11) is 0. The molecular weight excluding hydrogens is 238 g/mol. The van der Waals surface area contributed by atoms with Gasteiger partial charge in [0.15, 0.2) is 0 Å². The van der Waals surface area contributed by atoms with Crippen LogP contribution in [0.4, 0.5) is 0 Å². The fourth-order valence-corrected chi connectivity index (χ4v) is 1.87. The second-order valence-corrected chi connectivity index (χ2v) is 5.63. The molecule has 1 unspecified atom stereocenters. The number of hydrogen-bond acceptors (Lipinski definition) is 3. The standard InChI is InChI=1S/C16H27NO2/c1-12(2)10-19-11-16(18)9-17-14(4)15-7-5-6-13(3)8-15/h5-8,12,14,16-18H,9-11H2,1-4H3/t14-,16?/m0/s1. The Balaban J connectivity index is 2.27. The summed E-state index contributed by atoms with van der Waals surface area (Å²) in [5.74, 6) is 0.506. The predicted octanol–water partition coefficient (Wildman–Crippen LogP) is 2.68. The molecule has 3 heteroatoms. The van der Waals surface area contributed by atoms with E-state index < -0.39 is 6.10 Å². The van der Waals surface area contributed by atoms with Gasteiger partial charge in [0.1, 0.15) is 0 Å². The molecule has 1 rings (SSSR count). The van der Waals surface area contributed by atoms with E-state index in [0.717, 1.165) is 0 Å². The first kappa shape index (κ1) is 16.2. The molecule has 0 saturated carbocycles. The number of aliphatic hydroxyl groups excluding tert-OH is 1. The van der Waals surface area contributed by atoms with Gasteiger partial charge in [0.25, 0.3) is 0 Å². The van der Waals surface area contributed by atoms with E-state index in [4.69, 9.17) is 4.74 Å². The number of rotatable bonds is 8. The summed E-state index contributed by atoms with van der Waals surface area (Å²) in [6, 6.07) is 8.65. The molecule has 0 aliphatic carbocycles. The molecule has 3 nitrogen and oxygen atoms in total. The summed E-state index contributed by atoms with van der Waals surface area (Å²) in [6.07, 6.45) is -0.453. The minimum absolute atomic E-state index is 0.236. The van der Waals surface area contributed by atoms with Crippen LogP contribution >= 0.6 is 0 Å². The summed E-state index contributed by atoms with van der Waals surface area (Å²) < 4.78 is 5.42. The van der Waals surface area contributed by atoms with Crippen LogP contribution in [0.1, 0.15) is 37.9 Å². The number of benzene rings is 1. The highest BCUT2D eigenvalue weighted by molar-refractivity contribution is 5.24. The van der Waals surface area contributed by atoms with Crippen LogP contribution in [0.3, 0.4) is 0 Å². The van der Waals surface area contributed by atoms with Gasteiger partial charge < -0.3 is 15.2 Å². The Morgan fingerprint density at radius 1 is 1.21 bits per heavy atom. The third-order valence-corrected chi connectivity index (χ3v) is 2.96. The van der Waals surface area contributed by atoms with E-state index in [2.05, 4.69) is 57.3 Å². The Hall–Kier alpha value is -0.900. The van der Waals surface area contributed by atoms with Gasteiger partial charge in [-0.3, -0.25) is 0 Å². The molecule has 0 aromatic heterocycles. The Bertz CT molecular complexity index is 366. The van der Waals surface area contributed by atoms with Crippen molar-refractivity contribution in [1.82, 2.24) is 5.32 Å². The smallest absolute Gasteiger partial charge is 0.0897 e. The van der Waals surface area contributed by atoms with Crippen LogP contribution in [0, 0.1) is 12.8 Å². The van der Waals surface area contributed by atoms with Gasteiger partial charge in [0.05, 0.1) is 12.7 Å². The minimum atomic E-state index is -0.453. The zero-order chi connectivity index (χ0) is 14.3. The third kappa shape index (κ3) is 6.71. The van der Waals surface area contributed by atoms with E-state index in [1.54, 1.807) is 0 Å². The molecule has 1 aromatic carbocycles. The lowest BCUT2D eigenvalue weighted by Crippen LogP contribution is -2.32. The largest absolute Gasteiger partial charge is 0.389 e. The van der Waals surface area contributed by atoms with Crippen LogP contribution < -0.4 is 5.32 Å². The van der Waals surface area contributed by atoms with Gasteiger partial charge in [0.2, 0.25) is 0 Å². The number of nitrogens with one attached hydrogen (secondary N) is 1. The molecule has 0 amide bonds. The molecule has 0 aliphatic heterocycles. The van der Waals surface area contributed by atoms with Crippen molar-refractivity contribution >= 4 is 0 Å². The first-order valence-electron chi connectivity index (χ1n) is 7.04. The quantitative estimate of drug-likeness (QED) is 0.759. The Morgan fingerprint density at radius 2 is 1.95 bits per heavy atom. The van der Waals surface area contributed by atoms with Gasteiger partial charge >= 0.3 is 0 Å². The van der Waals surface area contributed by atoms with Crippen molar-refractivity contribution in [2.45, 2.75) is 39.8 Å². The summed E-state index contributed by atoms with van der Waals surface area (Å²) in [4.78, 5) is 0. The maximum absolute atomic E-state index is 9.82. The van der Waals surface area contributed by atoms with E-state index in [1.165, 1.54) is 11.1 Å². The van der Waals surface area contributed by atoms with Gasteiger partial charge in [-0.15, -0.1) is 0 Å². The number of ether oxygens (including phenoxy) is 1. The predicted molar refractivity (Wildman–Crippen MR) is 79.3 cm³/mol. The van der Waals surface area contributed by atoms with Crippen molar-refractivity contribution in [3.63, 3.8) is 0 Å². The molecule has 108 valence electrons. The molecule has 19 heavy (non-hydrogen) atoms. The van der Waals surface area contributed by atoms with E-state index in [0.29, 0.717) is 25.7 Å². The van der Waals surface area contributed by atoms with Crippen LogP contribution in [-0.2, 0) is 4.74 Å². The van der Waals surface area contributed by atoms with E-state index in [1.807, 2.05) is 0 Å². The van der Waals surface area contributed by atoms with Gasteiger partial charge in [-0.1, -0.05) is 43.7 Å². The summed E-state index contributed by atoms with van der Waals surface area (Å²) in [5.41, 5.74) is 2.50. The molecule has 0 radical (unpaired) electrons. The van der Waals surface area contributed by atoms with Gasteiger partial charge in [-0.25, -0.2) is 0 Å². The van der Waals surface area contributed by atoms with Gasteiger partial charge in [0, 0.05) is 19.2 Å². The molecule has 0 fully saturated rings. The van der Waals surface area contributed by atoms with Crippen molar-refractivity contribution < 1.29 is 9.84 Å². The van der Waals surface area contributed by atoms with Crippen LogP contribution in [-0.4, -0.2) is 31.0 Å². The molecule has 2 N–H and O–H groups in total. The second-order valence-electron chi connectivity index (χ2n) is 5.63. The average molecular weight is 265 g/mol. The van der Waals surface area contributed by atoms with Crippen molar-refractivity contribution in [2.24, 2.45) is 5.92 Å². The molecular formula is C16H27NO2. The Morgan fingerprint density at radius 3 is 2.58 bits per heavy atom. The van der Waals surface area contributed by atoms with E-state index >= 15 is 0 Å². The van der Waals surface area contributed by atoms with Crippen LogP contribution in [0.2, 0.25) is 0 Å². The van der Waals surface area contributed by atoms with Crippen molar-refractivity contribution in [3.8, 4) is 0 Å². The fourth-order valence-electron chi connectivity index (χ4n) is 1.87. The summed E-state index contributed by atoms with van der Waals surface area (Å²) in [6.45, 7) is 10.0.